The van der Waals surface area contributed by atoms with E-state index >= 15 is 0 Å². The Kier molecular flexibility index (Phi) is 2.19. The van der Waals surface area contributed by atoms with Gasteiger partial charge in [-0.05, 0) is 6.92 Å². The zero-order valence-electron chi connectivity index (χ0n) is 5.87. The first-order chi connectivity index (χ1) is 4.75. The van der Waals surface area contributed by atoms with Gasteiger partial charge < -0.3 is 5.73 Å². The Labute approximate surface area is 64.4 Å². The Morgan fingerprint density at radius 3 is 3.00 bits per heavy atom. The van der Waals surface area contributed by atoms with E-state index in [9.17, 15) is 0 Å². The molecular formula is C7H10N2S. The summed E-state index contributed by atoms with van der Waals surface area (Å²) in [6.07, 6.45) is 1.72. The summed E-state index contributed by atoms with van der Waals surface area (Å²) in [6, 6.07) is -0.0486. The highest BCUT2D eigenvalue weighted by atomic mass is 32.1. The van der Waals surface area contributed by atoms with Crippen LogP contribution in [0.5, 0.6) is 0 Å². The molecule has 2 nitrogen and oxygen atoms in total. The minimum Gasteiger partial charge on any atom is -0.320 e. The third-order valence-electron chi connectivity index (χ3n) is 1.34. The smallest absolute Gasteiger partial charge is 0.0798 e. The predicted octanol–water partition coefficient (Wildman–Crippen LogP) is 1.64. The predicted molar refractivity (Wildman–Crippen MR) is 44.0 cm³/mol. The Hall–Kier alpha value is -0.670. The number of rotatable bonds is 2. The van der Waals surface area contributed by atoms with Crippen molar-refractivity contribution in [2.24, 2.45) is 5.73 Å². The lowest BCUT2D eigenvalue weighted by molar-refractivity contribution is 0.919. The van der Waals surface area contributed by atoms with E-state index in [0.29, 0.717) is 0 Å². The van der Waals surface area contributed by atoms with Gasteiger partial charge in [-0.1, -0.05) is 6.08 Å². The Morgan fingerprint density at radius 1 is 1.90 bits per heavy atom. The first-order valence-electron chi connectivity index (χ1n) is 3.04. The van der Waals surface area contributed by atoms with Crippen LogP contribution in [0.3, 0.4) is 0 Å². The van der Waals surface area contributed by atoms with Crippen molar-refractivity contribution in [3.8, 4) is 0 Å². The number of nitrogens with zero attached hydrogens (tertiary/aromatic N) is 1. The van der Waals surface area contributed by atoms with Crippen molar-refractivity contribution in [3.63, 3.8) is 0 Å². The third kappa shape index (κ3) is 1.25. The molecule has 0 saturated heterocycles. The lowest BCUT2D eigenvalue weighted by Gasteiger charge is -2.01. The average molecular weight is 154 g/mol. The van der Waals surface area contributed by atoms with E-state index in [1.807, 2.05) is 6.92 Å². The van der Waals surface area contributed by atoms with E-state index < -0.39 is 0 Å². The first kappa shape index (κ1) is 7.44. The fraction of sp³-hybridized carbons (Fsp3) is 0.286. The van der Waals surface area contributed by atoms with Gasteiger partial charge in [0.05, 0.1) is 17.2 Å². The highest BCUT2D eigenvalue weighted by molar-refractivity contribution is 7.09. The summed E-state index contributed by atoms with van der Waals surface area (Å²) in [4.78, 5) is 5.18. The maximum Gasteiger partial charge on any atom is 0.0798 e. The van der Waals surface area contributed by atoms with Crippen LogP contribution in [-0.2, 0) is 0 Å². The van der Waals surface area contributed by atoms with Crippen molar-refractivity contribution in [1.29, 1.82) is 0 Å². The van der Waals surface area contributed by atoms with E-state index in [1.165, 1.54) is 0 Å². The summed E-state index contributed by atoms with van der Waals surface area (Å²) in [7, 11) is 0. The second-order valence-electron chi connectivity index (χ2n) is 2.06. The SMILES string of the molecule is C=CC(N)c1scnc1C. The summed E-state index contributed by atoms with van der Waals surface area (Å²) in [6.45, 7) is 5.57. The highest BCUT2D eigenvalue weighted by Gasteiger charge is 2.06. The number of nitrogens with two attached hydrogens (primary N) is 1. The van der Waals surface area contributed by atoms with Crippen LogP contribution >= 0.6 is 11.3 Å². The third-order valence-corrected chi connectivity index (χ3v) is 2.37. The summed E-state index contributed by atoms with van der Waals surface area (Å²) < 4.78 is 0. The molecule has 3 heteroatoms. The molecule has 1 heterocycles. The minimum absolute atomic E-state index is 0.0486. The molecule has 10 heavy (non-hydrogen) atoms. The number of hydrogen-bond acceptors (Lipinski definition) is 3. The van der Waals surface area contributed by atoms with Crippen molar-refractivity contribution < 1.29 is 0 Å². The number of aryl methyl sites for hydroxylation is 1. The summed E-state index contributed by atoms with van der Waals surface area (Å²) in [5.41, 5.74) is 8.50. The van der Waals surface area contributed by atoms with Crippen LogP contribution < -0.4 is 5.73 Å². The van der Waals surface area contributed by atoms with Gasteiger partial charge in [-0.3, -0.25) is 0 Å². The van der Waals surface area contributed by atoms with E-state index in [-0.39, 0.29) is 6.04 Å². The van der Waals surface area contributed by atoms with Gasteiger partial charge in [0, 0.05) is 4.88 Å². The molecule has 1 aromatic heterocycles. The van der Waals surface area contributed by atoms with Gasteiger partial charge in [0.2, 0.25) is 0 Å². The molecule has 0 aliphatic rings. The van der Waals surface area contributed by atoms with Crippen molar-refractivity contribution in [3.05, 3.63) is 28.7 Å². The van der Waals surface area contributed by atoms with Crippen molar-refractivity contribution in [2.45, 2.75) is 13.0 Å². The van der Waals surface area contributed by atoms with Crippen LogP contribution in [0, 0.1) is 6.92 Å². The highest BCUT2D eigenvalue weighted by Crippen LogP contribution is 2.19. The molecule has 54 valence electrons. The summed E-state index contributed by atoms with van der Waals surface area (Å²) in [5.74, 6) is 0. The van der Waals surface area contributed by atoms with Gasteiger partial charge in [-0.15, -0.1) is 17.9 Å². The number of aromatic nitrogens is 1. The van der Waals surface area contributed by atoms with Crippen LogP contribution in [0.25, 0.3) is 0 Å². The molecule has 1 unspecified atom stereocenters. The molecule has 0 radical (unpaired) electrons. The normalized spacial score (nSPS) is 13.0. The number of hydrogen-bond donors (Lipinski definition) is 1. The van der Waals surface area contributed by atoms with E-state index in [2.05, 4.69) is 11.6 Å². The largest absolute Gasteiger partial charge is 0.320 e. The fourth-order valence-corrected chi connectivity index (χ4v) is 1.54. The lowest BCUT2D eigenvalue weighted by Crippen LogP contribution is -2.05. The molecule has 0 aliphatic carbocycles. The molecule has 0 spiro atoms. The van der Waals surface area contributed by atoms with E-state index in [1.54, 1.807) is 22.9 Å². The van der Waals surface area contributed by atoms with Crippen LogP contribution in [0.15, 0.2) is 18.2 Å². The topological polar surface area (TPSA) is 38.9 Å². The first-order valence-corrected chi connectivity index (χ1v) is 3.91. The van der Waals surface area contributed by atoms with Gasteiger partial charge in [0.25, 0.3) is 0 Å². The maximum absolute atomic E-state index is 5.69. The molecule has 2 N–H and O–H groups in total. The molecule has 0 saturated carbocycles. The van der Waals surface area contributed by atoms with Crippen LogP contribution in [0.2, 0.25) is 0 Å². The number of thiazole rings is 1. The van der Waals surface area contributed by atoms with E-state index in [4.69, 9.17) is 5.73 Å². The molecule has 0 bridgehead atoms. The molecular weight excluding hydrogens is 144 g/mol. The van der Waals surface area contributed by atoms with Gasteiger partial charge in [0.15, 0.2) is 0 Å². The Morgan fingerprint density at radius 2 is 2.60 bits per heavy atom. The Bertz CT molecular complexity index is 229. The monoisotopic (exact) mass is 154 g/mol. The second kappa shape index (κ2) is 2.94. The van der Waals surface area contributed by atoms with Crippen LogP contribution in [-0.4, -0.2) is 4.98 Å². The quantitative estimate of drug-likeness (QED) is 0.658. The molecule has 1 rings (SSSR count). The van der Waals surface area contributed by atoms with Gasteiger partial charge in [-0.2, -0.15) is 0 Å². The average Bonchev–Trinajstić information content (AvgIpc) is 2.34. The molecule has 1 atom stereocenters. The standard InChI is InChI=1S/C7H10N2S/c1-3-6(8)7-5(2)9-4-10-7/h3-4,6H,1,8H2,2H3. The molecule has 0 aromatic carbocycles. The second-order valence-corrected chi connectivity index (χ2v) is 2.95. The molecule has 0 amide bonds. The van der Waals surface area contributed by atoms with E-state index in [0.717, 1.165) is 10.6 Å². The van der Waals surface area contributed by atoms with Crippen LogP contribution in [0.1, 0.15) is 16.6 Å². The molecule has 1 aromatic rings. The summed E-state index contributed by atoms with van der Waals surface area (Å²) >= 11 is 1.57. The van der Waals surface area contributed by atoms with Crippen molar-refractivity contribution in [2.75, 3.05) is 0 Å². The molecule has 0 fully saturated rings. The molecule has 0 aliphatic heterocycles. The zero-order valence-corrected chi connectivity index (χ0v) is 6.69. The summed E-state index contributed by atoms with van der Waals surface area (Å²) in [5, 5.41) is 0. The van der Waals surface area contributed by atoms with Gasteiger partial charge in [0.1, 0.15) is 0 Å². The maximum atomic E-state index is 5.69. The zero-order chi connectivity index (χ0) is 7.56. The lowest BCUT2D eigenvalue weighted by atomic mass is 10.2. The van der Waals surface area contributed by atoms with Gasteiger partial charge >= 0.3 is 0 Å². The fourth-order valence-electron chi connectivity index (χ4n) is 0.738. The van der Waals surface area contributed by atoms with Gasteiger partial charge in [-0.25, -0.2) is 4.98 Å². The van der Waals surface area contributed by atoms with Crippen LogP contribution in [0.4, 0.5) is 0 Å². The van der Waals surface area contributed by atoms with Crippen molar-refractivity contribution >= 4 is 11.3 Å². The minimum atomic E-state index is -0.0486. The van der Waals surface area contributed by atoms with Crippen molar-refractivity contribution in [1.82, 2.24) is 4.98 Å². The Balaban J connectivity index is 2.92.